The fourth-order valence-corrected chi connectivity index (χ4v) is 5.67. The molecule has 0 radical (unpaired) electrons. The van der Waals surface area contributed by atoms with E-state index in [1.165, 1.54) is 0 Å². The number of nitrogens with zero attached hydrogens (tertiary/aromatic N) is 3. The summed E-state index contributed by atoms with van der Waals surface area (Å²) in [6.07, 6.45) is 3.26. The largest absolute Gasteiger partial charge is 0.493 e. The predicted octanol–water partition coefficient (Wildman–Crippen LogP) is 6.12. The van der Waals surface area contributed by atoms with Gasteiger partial charge in [0, 0.05) is 50.4 Å². The lowest BCUT2D eigenvalue weighted by molar-refractivity contribution is -0.135. The molecule has 3 heterocycles. The second-order valence-electron chi connectivity index (χ2n) is 10.2. The summed E-state index contributed by atoms with van der Waals surface area (Å²) in [5.41, 5.74) is 3.47. The molecular formula is C33H32ClN3O5. The monoisotopic (exact) mass is 585 g/mol. The molecule has 9 heteroatoms. The third kappa shape index (κ3) is 5.60. The number of hydrogen-bond acceptors (Lipinski definition) is 6. The summed E-state index contributed by atoms with van der Waals surface area (Å²) in [6.45, 7) is 1.46. The van der Waals surface area contributed by atoms with E-state index in [4.69, 9.17) is 35.5 Å². The van der Waals surface area contributed by atoms with E-state index in [0.29, 0.717) is 48.5 Å². The van der Waals surface area contributed by atoms with Gasteiger partial charge in [-0.3, -0.25) is 4.79 Å². The van der Waals surface area contributed by atoms with Crippen molar-refractivity contribution in [3.8, 4) is 17.2 Å². The van der Waals surface area contributed by atoms with Crippen molar-refractivity contribution in [3.63, 3.8) is 0 Å². The Morgan fingerprint density at radius 2 is 1.81 bits per heavy atom. The van der Waals surface area contributed by atoms with Crippen LogP contribution in [0.2, 0.25) is 5.02 Å². The van der Waals surface area contributed by atoms with E-state index in [1.807, 2.05) is 88.3 Å². The van der Waals surface area contributed by atoms with Crippen LogP contribution in [0.5, 0.6) is 17.2 Å². The number of pyridine rings is 1. The lowest BCUT2D eigenvalue weighted by atomic mass is 9.95. The highest BCUT2D eigenvalue weighted by Crippen LogP contribution is 2.39. The van der Waals surface area contributed by atoms with Crippen LogP contribution in [0.3, 0.4) is 0 Å². The maximum Gasteiger partial charge on any atom is 0.261 e. The third-order valence-electron chi connectivity index (χ3n) is 7.52. The fourth-order valence-electron chi connectivity index (χ4n) is 5.52. The van der Waals surface area contributed by atoms with Crippen molar-refractivity contribution in [2.24, 2.45) is 0 Å². The molecular weight excluding hydrogens is 554 g/mol. The number of carbonyl (C=O) groups excluding carboxylic acids is 1. The lowest BCUT2D eigenvalue weighted by Crippen LogP contribution is -2.43. The first-order valence-electron chi connectivity index (χ1n) is 13.9. The number of aromatic nitrogens is 2. The van der Waals surface area contributed by atoms with E-state index in [2.05, 4.69) is 0 Å². The first-order chi connectivity index (χ1) is 20.6. The predicted molar refractivity (Wildman–Crippen MR) is 162 cm³/mol. The van der Waals surface area contributed by atoms with Gasteiger partial charge in [0.15, 0.2) is 18.1 Å². The molecule has 1 atom stereocenters. The minimum absolute atomic E-state index is 0.0940. The molecule has 1 aliphatic heterocycles. The van der Waals surface area contributed by atoms with Crippen LogP contribution < -0.4 is 14.2 Å². The van der Waals surface area contributed by atoms with Gasteiger partial charge in [-0.25, -0.2) is 4.98 Å². The topological polar surface area (TPSA) is 74.5 Å². The zero-order valence-corrected chi connectivity index (χ0v) is 24.3. The normalized spacial score (nSPS) is 14.6. The van der Waals surface area contributed by atoms with E-state index < -0.39 is 6.04 Å². The van der Waals surface area contributed by atoms with Gasteiger partial charge in [0.1, 0.15) is 11.4 Å². The van der Waals surface area contributed by atoms with Gasteiger partial charge in [-0.2, -0.15) is 0 Å². The molecule has 1 aliphatic rings. The number of imidazole rings is 1. The first kappa shape index (κ1) is 27.9. The van der Waals surface area contributed by atoms with Crippen molar-refractivity contribution in [1.82, 2.24) is 14.3 Å². The Labute approximate surface area is 249 Å². The number of benzene rings is 3. The van der Waals surface area contributed by atoms with Gasteiger partial charge in [0.25, 0.3) is 5.91 Å². The second-order valence-corrected chi connectivity index (χ2v) is 10.6. The van der Waals surface area contributed by atoms with E-state index in [-0.39, 0.29) is 12.5 Å². The van der Waals surface area contributed by atoms with Gasteiger partial charge in [-0.05, 0) is 46.7 Å². The smallest absolute Gasteiger partial charge is 0.261 e. The minimum Gasteiger partial charge on any atom is -0.493 e. The highest BCUT2D eigenvalue weighted by atomic mass is 35.5. The van der Waals surface area contributed by atoms with Crippen molar-refractivity contribution in [2.75, 3.05) is 40.6 Å². The van der Waals surface area contributed by atoms with Gasteiger partial charge in [0.2, 0.25) is 0 Å². The van der Waals surface area contributed by atoms with Crippen LogP contribution in [0.15, 0.2) is 79.0 Å². The molecule has 42 heavy (non-hydrogen) atoms. The number of amides is 1. The van der Waals surface area contributed by atoms with Crippen molar-refractivity contribution in [1.29, 1.82) is 0 Å². The van der Waals surface area contributed by atoms with Gasteiger partial charge in [-0.15, -0.1) is 0 Å². The quantitative estimate of drug-likeness (QED) is 0.184. The van der Waals surface area contributed by atoms with Gasteiger partial charge < -0.3 is 28.2 Å². The van der Waals surface area contributed by atoms with Crippen LogP contribution in [-0.4, -0.2) is 60.8 Å². The summed E-state index contributed by atoms with van der Waals surface area (Å²) < 4.78 is 24.9. The zero-order valence-electron chi connectivity index (χ0n) is 23.6. The third-order valence-corrected chi connectivity index (χ3v) is 7.75. The minimum atomic E-state index is -0.426. The Balaban J connectivity index is 1.34. The Hall–Kier alpha value is -4.27. The molecule has 1 amide bonds. The molecule has 0 N–H and O–H groups in total. The number of carbonyl (C=O) groups is 1. The SMILES string of the molecule is COCCCOc1cc(C2c3c(nc4cc(Cl)ccn34)CCN2C(=O)COc2ccc3ccccc3c2)ccc1OC. The molecule has 5 aromatic rings. The molecule has 0 aliphatic carbocycles. The van der Waals surface area contributed by atoms with Gasteiger partial charge >= 0.3 is 0 Å². The van der Waals surface area contributed by atoms with Crippen LogP contribution in [0.4, 0.5) is 0 Å². The van der Waals surface area contributed by atoms with Gasteiger partial charge in [-0.1, -0.05) is 48.0 Å². The maximum absolute atomic E-state index is 13.9. The lowest BCUT2D eigenvalue weighted by Gasteiger charge is -2.36. The average Bonchev–Trinajstić information content (AvgIpc) is 3.39. The Morgan fingerprint density at radius 1 is 0.952 bits per heavy atom. The number of ether oxygens (including phenoxy) is 4. The Bertz CT molecular complexity index is 1740. The first-order valence-corrected chi connectivity index (χ1v) is 14.3. The number of fused-ring (bicyclic) bond motifs is 4. The highest BCUT2D eigenvalue weighted by Gasteiger charge is 2.36. The second kappa shape index (κ2) is 12.3. The van der Waals surface area contributed by atoms with Crippen LogP contribution in [-0.2, 0) is 16.0 Å². The summed E-state index contributed by atoms with van der Waals surface area (Å²) in [5.74, 6) is 1.75. The molecule has 0 bridgehead atoms. The van der Waals surface area contributed by atoms with Crippen LogP contribution in [0, 0.1) is 0 Å². The number of hydrogen-bond donors (Lipinski definition) is 0. The molecule has 1 unspecified atom stereocenters. The zero-order chi connectivity index (χ0) is 29.1. The molecule has 0 saturated carbocycles. The van der Waals surface area contributed by atoms with E-state index in [9.17, 15) is 4.79 Å². The molecule has 0 saturated heterocycles. The highest BCUT2D eigenvalue weighted by molar-refractivity contribution is 6.30. The van der Waals surface area contributed by atoms with Crippen LogP contribution in [0.25, 0.3) is 16.4 Å². The van der Waals surface area contributed by atoms with Crippen molar-refractivity contribution in [2.45, 2.75) is 18.9 Å². The van der Waals surface area contributed by atoms with Gasteiger partial charge in [0.05, 0.1) is 31.1 Å². The Morgan fingerprint density at radius 3 is 2.64 bits per heavy atom. The van der Waals surface area contributed by atoms with Crippen LogP contribution in [0.1, 0.15) is 29.4 Å². The molecule has 6 rings (SSSR count). The van der Waals surface area contributed by atoms with Crippen LogP contribution >= 0.6 is 11.6 Å². The summed E-state index contributed by atoms with van der Waals surface area (Å²) in [7, 11) is 3.28. The summed E-state index contributed by atoms with van der Waals surface area (Å²) in [4.78, 5) is 20.6. The standard InChI is InChI=1S/C33H32ClN3O5/c1-39-16-5-17-41-29-19-24(9-11-28(29)40-2)32-33-27(35-30-20-25(34)12-14-36(30)33)13-15-37(32)31(38)21-42-26-10-8-22-6-3-4-7-23(22)18-26/h3-4,6-12,14,18-20,32H,5,13,15-17,21H2,1-2H3. The van der Waals surface area contributed by atoms with E-state index >= 15 is 0 Å². The number of rotatable bonds is 10. The molecule has 8 nitrogen and oxygen atoms in total. The van der Waals surface area contributed by atoms with Crippen molar-refractivity contribution >= 4 is 33.9 Å². The summed E-state index contributed by atoms with van der Waals surface area (Å²) in [5, 5.41) is 2.78. The molecule has 0 fully saturated rings. The summed E-state index contributed by atoms with van der Waals surface area (Å²) in [6, 6.07) is 23.0. The molecule has 216 valence electrons. The molecule has 3 aromatic carbocycles. The summed E-state index contributed by atoms with van der Waals surface area (Å²) >= 11 is 6.30. The van der Waals surface area contributed by atoms with Crippen molar-refractivity contribution < 1.29 is 23.7 Å². The van der Waals surface area contributed by atoms with E-state index in [1.54, 1.807) is 14.2 Å². The average molecular weight is 586 g/mol. The van der Waals surface area contributed by atoms with Crippen molar-refractivity contribution in [3.05, 3.63) is 101 Å². The fraction of sp³-hybridized carbons (Fsp3) is 0.273. The van der Waals surface area contributed by atoms with E-state index in [0.717, 1.165) is 39.8 Å². The number of halogens is 1. The molecule has 0 spiro atoms. The Kier molecular flexibility index (Phi) is 8.17. The number of methoxy groups -OCH3 is 2. The molecule has 2 aromatic heterocycles. The maximum atomic E-state index is 13.9.